The molecule has 2 rings (SSSR count). The third kappa shape index (κ3) is 1.35. The zero-order valence-electron chi connectivity index (χ0n) is 6.04. The van der Waals surface area contributed by atoms with Crippen LogP contribution in [0.1, 0.15) is 5.56 Å². The van der Waals surface area contributed by atoms with Crippen LogP contribution in [-0.4, -0.2) is 15.7 Å². The highest BCUT2D eigenvalue weighted by atomic mass is 32.2. The summed E-state index contributed by atoms with van der Waals surface area (Å²) in [7, 11) is 0. The molecule has 0 bridgehead atoms. The molecule has 0 aliphatic carbocycles. The summed E-state index contributed by atoms with van der Waals surface area (Å²) in [6, 6.07) is 7.27. The van der Waals surface area contributed by atoms with Gasteiger partial charge in [-0.3, -0.25) is 0 Å². The minimum Gasteiger partial charge on any atom is -0.558 e. The monoisotopic (exact) mass is 182 g/mol. The van der Waals surface area contributed by atoms with E-state index in [-0.39, 0.29) is 0 Å². The van der Waals surface area contributed by atoms with Gasteiger partial charge in [-0.2, -0.15) is 5.21 Å². The smallest absolute Gasteiger partial charge is 0.180 e. The molecule has 0 fully saturated rings. The quantitative estimate of drug-likeness (QED) is 0.378. The van der Waals surface area contributed by atoms with Crippen LogP contribution in [0.25, 0.3) is 0 Å². The van der Waals surface area contributed by atoms with Gasteiger partial charge in [-0.15, -0.1) is 0 Å². The van der Waals surface area contributed by atoms with E-state index in [1.54, 1.807) is 6.07 Å². The van der Waals surface area contributed by atoms with Gasteiger partial charge in [0.15, 0.2) is 11.9 Å². The highest BCUT2D eigenvalue weighted by Crippen LogP contribution is 2.33. The molecule has 1 aromatic rings. The predicted molar refractivity (Wildman–Crippen MR) is 45.3 cm³/mol. The molecule has 0 amide bonds. The molecule has 0 saturated heterocycles. The van der Waals surface area contributed by atoms with E-state index < -0.39 is 4.32 Å². The van der Waals surface area contributed by atoms with Gasteiger partial charge in [0.2, 0.25) is 0 Å². The first-order valence-electron chi connectivity index (χ1n) is 3.34. The van der Waals surface area contributed by atoms with Crippen molar-refractivity contribution >= 4 is 18.2 Å². The Bertz CT molecular complexity index is 338. The van der Waals surface area contributed by atoms with Gasteiger partial charge in [0.1, 0.15) is 0 Å². The molecular weight excluding hydrogens is 176 g/mol. The third-order valence-corrected chi connectivity index (χ3v) is 2.38. The standard InChI is InChI=1S/C7H6N2O2S/c10-9(11)8-5-6-3-1-2-4-7(6)12-9/h1-5,10H. The maximum Gasteiger partial charge on any atom is 0.180 e. The highest BCUT2D eigenvalue weighted by molar-refractivity contribution is 7.93. The molecule has 1 atom stereocenters. The van der Waals surface area contributed by atoms with E-state index in [1.165, 1.54) is 6.21 Å². The number of nitrogens with zero attached hydrogens (tertiary/aromatic N) is 2. The van der Waals surface area contributed by atoms with Crippen molar-refractivity contribution in [1.82, 2.24) is 0 Å². The minimum atomic E-state index is -1.63. The van der Waals surface area contributed by atoms with Crippen LogP contribution in [0.5, 0.6) is 0 Å². The summed E-state index contributed by atoms with van der Waals surface area (Å²) < 4.78 is -1.63. The number of hydrogen-bond acceptors (Lipinski definition) is 4. The number of quaternary nitrogens is 1. The molecule has 62 valence electrons. The lowest BCUT2D eigenvalue weighted by Crippen LogP contribution is -2.25. The summed E-state index contributed by atoms with van der Waals surface area (Å²) in [5.41, 5.74) is 0.862. The second-order valence-corrected chi connectivity index (χ2v) is 3.46. The number of benzene rings is 1. The Labute approximate surface area is 73.4 Å². The molecule has 1 aromatic carbocycles. The fraction of sp³-hybridized carbons (Fsp3) is 0. The summed E-state index contributed by atoms with van der Waals surface area (Å²) in [6.45, 7) is 0. The van der Waals surface area contributed by atoms with Crippen molar-refractivity contribution in [3.05, 3.63) is 35.0 Å². The van der Waals surface area contributed by atoms with Crippen molar-refractivity contribution in [2.75, 3.05) is 0 Å². The molecule has 1 aliphatic heterocycles. The molecule has 1 unspecified atom stereocenters. The van der Waals surface area contributed by atoms with Crippen LogP contribution in [0.4, 0.5) is 0 Å². The number of rotatable bonds is 0. The third-order valence-electron chi connectivity index (χ3n) is 1.48. The van der Waals surface area contributed by atoms with Crippen molar-refractivity contribution in [1.29, 1.82) is 0 Å². The predicted octanol–water partition coefficient (Wildman–Crippen LogP) is 1.74. The molecule has 0 aromatic heterocycles. The molecule has 1 aliphatic rings. The fourth-order valence-corrected chi connectivity index (χ4v) is 1.67. The topological polar surface area (TPSA) is 55.6 Å². The molecule has 4 nitrogen and oxygen atoms in total. The summed E-state index contributed by atoms with van der Waals surface area (Å²) in [5, 5.41) is 23.3. The molecule has 0 spiro atoms. The Balaban J connectivity index is 2.46. The Morgan fingerprint density at radius 3 is 3.00 bits per heavy atom. The normalized spacial score (nSPS) is 26.8. The Hall–Kier alpha value is -0.880. The second-order valence-electron chi connectivity index (χ2n) is 2.36. The van der Waals surface area contributed by atoms with Crippen LogP contribution in [-0.2, 0) is 0 Å². The second kappa shape index (κ2) is 2.56. The first-order chi connectivity index (χ1) is 5.67. The largest absolute Gasteiger partial charge is 0.558 e. The molecule has 5 heteroatoms. The fourth-order valence-electron chi connectivity index (χ4n) is 0.957. The van der Waals surface area contributed by atoms with Gasteiger partial charge in [-0.05, 0) is 15.5 Å². The van der Waals surface area contributed by atoms with E-state index in [4.69, 9.17) is 5.21 Å². The maximum atomic E-state index is 10.9. The van der Waals surface area contributed by atoms with Gasteiger partial charge >= 0.3 is 0 Å². The molecular formula is C7H6N2O2S. The molecule has 1 N–H and O–H groups in total. The van der Waals surface area contributed by atoms with E-state index in [2.05, 4.69) is 5.10 Å². The van der Waals surface area contributed by atoms with Crippen LogP contribution in [0, 0.1) is 5.21 Å². The van der Waals surface area contributed by atoms with Crippen molar-refractivity contribution in [2.24, 2.45) is 5.10 Å². The molecule has 0 radical (unpaired) electrons. The number of hydrogen-bond donors (Lipinski definition) is 1. The number of fused-ring (bicyclic) bond motifs is 1. The average Bonchev–Trinajstić information content (AvgIpc) is 2.02. The Morgan fingerprint density at radius 2 is 2.17 bits per heavy atom. The minimum absolute atomic E-state index is 0.741. The van der Waals surface area contributed by atoms with Crippen LogP contribution < -0.4 is 0 Å². The van der Waals surface area contributed by atoms with Crippen LogP contribution in [0.3, 0.4) is 0 Å². The van der Waals surface area contributed by atoms with E-state index in [1.807, 2.05) is 18.2 Å². The van der Waals surface area contributed by atoms with E-state index in [9.17, 15) is 5.21 Å². The van der Waals surface area contributed by atoms with Gasteiger partial charge in [-0.1, -0.05) is 18.2 Å². The van der Waals surface area contributed by atoms with Crippen LogP contribution >= 0.6 is 11.9 Å². The summed E-state index contributed by atoms with van der Waals surface area (Å²) in [4.78, 5) is 0.741. The molecule has 12 heavy (non-hydrogen) atoms. The average molecular weight is 182 g/mol. The lowest BCUT2D eigenvalue weighted by Gasteiger charge is -2.25. The zero-order valence-corrected chi connectivity index (χ0v) is 6.86. The van der Waals surface area contributed by atoms with Crippen molar-refractivity contribution in [3.63, 3.8) is 0 Å². The first-order valence-corrected chi connectivity index (χ1v) is 4.12. The highest BCUT2D eigenvalue weighted by Gasteiger charge is 2.23. The summed E-state index contributed by atoms with van der Waals surface area (Å²) in [5.74, 6) is 0. The Kier molecular flexibility index (Phi) is 1.66. The van der Waals surface area contributed by atoms with Gasteiger partial charge in [0.25, 0.3) is 0 Å². The van der Waals surface area contributed by atoms with Crippen molar-refractivity contribution in [2.45, 2.75) is 4.90 Å². The van der Waals surface area contributed by atoms with E-state index >= 15 is 0 Å². The lowest BCUT2D eigenvalue weighted by atomic mass is 10.2. The van der Waals surface area contributed by atoms with Gasteiger partial charge < -0.3 is 5.21 Å². The zero-order chi connectivity index (χ0) is 8.60. The van der Waals surface area contributed by atoms with Crippen molar-refractivity contribution < 1.29 is 9.53 Å². The SMILES string of the molecule is [O-][N+]1(O)N=Cc2ccccc2S1. The van der Waals surface area contributed by atoms with Gasteiger partial charge in [0, 0.05) is 5.56 Å². The molecule has 1 heterocycles. The van der Waals surface area contributed by atoms with E-state index in [0.717, 1.165) is 22.4 Å². The lowest BCUT2D eigenvalue weighted by molar-refractivity contribution is -0.957. The Morgan fingerprint density at radius 1 is 1.42 bits per heavy atom. The maximum absolute atomic E-state index is 10.9. The van der Waals surface area contributed by atoms with E-state index in [0.29, 0.717) is 0 Å². The van der Waals surface area contributed by atoms with Crippen molar-refractivity contribution in [3.8, 4) is 0 Å². The van der Waals surface area contributed by atoms with Crippen LogP contribution in [0.15, 0.2) is 34.3 Å². The molecule has 0 saturated carbocycles. The summed E-state index contributed by atoms with van der Waals surface area (Å²) in [6.07, 6.45) is 1.37. The van der Waals surface area contributed by atoms with Gasteiger partial charge in [-0.25, -0.2) is 0 Å². The van der Waals surface area contributed by atoms with Crippen LogP contribution in [0.2, 0.25) is 0 Å². The van der Waals surface area contributed by atoms with Gasteiger partial charge in [0.05, 0.1) is 11.1 Å². The summed E-state index contributed by atoms with van der Waals surface area (Å²) >= 11 is 0.754. The first kappa shape index (κ1) is 7.75.